The van der Waals surface area contributed by atoms with Gasteiger partial charge in [0.2, 0.25) is 0 Å². The fourth-order valence-corrected chi connectivity index (χ4v) is 4.21. The Morgan fingerprint density at radius 2 is 2.00 bits per heavy atom. The number of hydrogen-bond acceptors (Lipinski definition) is 2. The molecule has 0 aliphatic heterocycles. The van der Waals surface area contributed by atoms with Gasteiger partial charge in [-0.25, -0.2) is 0 Å². The summed E-state index contributed by atoms with van der Waals surface area (Å²) in [7, 11) is 0. The van der Waals surface area contributed by atoms with Crippen LogP contribution in [-0.4, -0.2) is 12.6 Å². The summed E-state index contributed by atoms with van der Waals surface area (Å²) in [5.41, 5.74) is 0.590. The number of nitriles is 1. The maximum absolute atomic E-state index is 9.10. The first kappa shape index (κ1) is 12.9. The molecule has 1 N–H and O–H groups in total. The molecule has 3 atom stereocenters. The highest BCUT2D eigenvalue weighted by atomic mass is 15.0. The number of rotatable bonds is 3. The van der Waals surface area contributed by atoms with Crippen LogP contribution in [0.5, 0.6) is 0 Å². The van der Waals surface area contributed by atoms with Crippen molar-refractivity contribution in [3.05, 3.63) is 0 Å². The van der Waals surface area contributed by atoms with Gasteiger partial charge in [-0.05, 0) is 49.9 Å². The first-order valence-corrected chi connectivity index (χ1v) is 6.86. The normalized spacial score (nSPS) is 39.3. The predicted octanol–water partition coefficient (Wildman–Crippen LogP) is 3.34. The average molecular weight is 234 g/mol. The molecule has 2 nitrogen and oxygen atoms in total. The third-order valence-corrected chi connectivity index (χ3v) is 5.32. The Kier molecular flexibility index (Phi) is 2.82. The minimum absolute atomic E-state index is 0.256. The highest BCUT2D eigenvalue weighted by molar-refractivity contribution is 5.12. The molecule has 2 aliphatic rings. The fourth-order valence-electron chi connectivity index (χ4n) is 4.21. The molecule has 0 saturated heterocycles. The summed E-state index contributed by atoms with van der Waals surface area (Å²) in [4.78, 5) is 0. The quantitative estimate of drug-likeness (QED) is 0.813. The van der Waals surface area contributed by atoms with Crippen LogP contribution in [0.1, 0.15) is 53.9 Å². The Hall–Kier alpha value is -0.550. The zero-order valence-electron chi connectivity index (χ0n) is 11.9. The van der Waals surface area contributed by atoms with E-state index < -0.39 is 0 Å². The summed E-state index contributed by atoms with van der Waals surface area (Å²) in [6.45, 7) is 12.1. The van der Waals surface area contributed by atoms with Crippen LogP contribution in [0.3, 0.4) is 0 Å². The number of hydrogen-bond donors (Lipinski definition) is 1. The first-order chi connectivity index (χ1) is 7.71. The van der Waals surface area contributed by atoms with Gasteiger partial charge in [0.15, 0.2) is 0 Å². The van der Waals surface area contributed by atoms with Crippen LogP contribution in [0.2, 0.25) is 0 Å². The fraction of sp³-hybridized carbons (Fsp3) is 0.933. The van der Waals surface area contributed by atoms with Crippen molar-refractivity contribution < 1.29 is 0 Å². The molecule has 0 aromatic carbocycles. The molecule has 0 heterocycles. The second kappa shape index (κ2) is 3.72. The van der Waals surface area contributed by atoms with Gasteiger partial charge in [-0.1, -0.05) is 20.8 Å². The van der Waals surface area contributed by atoms with Crippen molar-refractivity contribution in [1.29, 1.82) is 5.26 Å². The number of nitrogens with one attached hydrogen (secondary N) is 1. The molecular weight excluding hydrogens is 208 g/mol. The molecule has 2 aliphatic carbocycles. The number of fused-ring (bicyclic) bond motifs is 2. The van der Waals surface area contributed by atoms with Crippen LogP contribution < -0.4 is 5.32 Å². The van der Waals surface area contributed by atoms with Crippen molar-refractivity contribution in [2.24, 2.45) is 22.2 Å². The third-order valence-electron chi connectivity index (χ3n) is 5.32. The van der Waals surface area contributed by atoms with Crippen LogP contribution in [0.15, 0.2) is 0 Å². The van der Waals surface area contributed by atoms with Gasteiger partial charge < -0.3 is 5.32 Å². The molecule has 96 valence electrons. The van der Waals surface area contributed by atoms with Crippen LogP contribution in [0.4, 0.5) is 0 Å². The summed E-state index contributed by atoms with van der Waals surface area (Å²) in [6.07, 6.45) is 4.11. The van der Waals surface area contributed by atoms with Crippen molar-refractivity contribution in [1.82, 2.24) is 5.32 Å². The Morgan fingerprint density at radius 3 is 2.47 bits per heavy atom. The van der Waals surface area contributed by atoms with Crippen molar-refractivity contribution in [2.75, 3.05) is 6.54 Å². The maximum Gasteiger partial charge on any atom is 0.0697 e. The highest BCUT2D eigenvalue weighted by Crippen LogP contribution is 2.62. The summed E-state index contributed by atoms with van der Waals surface area (Å²) >= 11 is 0. The van der Waals surface area contributed by atoms with Gasteiger partial charge in [-0.15, -0.1) is 0 Å². The lowest BCUT2D eigenvalue weighted by Crippen LogP contribution is -2.52. The largest absolute Gasteiger partial charge is 0.311 e. The van der Waals surface area contributed by atoms with E-state index >= 15 is 0 Å². The van der Waals surface area contributed by atoms with E-state index in [4.69, 9.17) is 5.26 Å². The second-order valence-corrected chi connectivity index (χ2v) is 7.72. The standard InChI is InChI=1S/C15H26N2/c1-13(2,9-16)10-17-12-14(3,4)11-6-7-15(12,5)8-11/h11-12,17H,6-8,10H2,1-5H3. The minimum Gasteiger partial charge on any atom is -0.311 e. The van der Waals surface area contributed by atoms with Gasteiger partial charge in [0, 0.05) is 12.6 Å². The van der Waals surface area contributed by atoms with Crippen LogP contribution in [0, 0.1) is 33.5 Å². The van der Waals surface area contributed by atoms with Crippen molar-refractivity contribution in [3.8, 4) is 6.07 Å². The monoisotopic (exact) mass is 234 g/mol. The van der Waals surface area contributed by atoms with Crippen molar-refractivity contribution >= 4 is 0 Å². The molecule has 2 bridgehead atoms. The molecule has 0 aromatic heterocycles. The van der Waals surface area contributed by atoms with E-state index in [9.17, 15) is 0 Å². The van der Waals surface area contributed by atoms with E-state index in [1.54, 1.807) is 0 Å². The molecule has 0 amide bonds. The Balaban J connectivity index is 2.09. The van der Waals surface area contributed by atoms with E-state index in [2.05, 4.69) is 32.2 Å². The van der Waals surface area contributed by atoms with Gasteiger partial charge in [-0.3, -0.25) is 0 Å². The van der Waals surface area contributed by atoms with E-state index in [0.717, 1.165) is 12.5 Å². The molecule has 17 heavy (non-hydrogen) atoms. The topological polar surface area (TPSA) is 35.8 Å². The molecule has 0 radical (unpaired) electrons. The Labute approximate surface area is 106 Å². The van der Waals surface area contributed by atoms with Gasteiger partial charge in [-0.2, -0.15) is 5.26 Å². The SMILES string of the molecule is CC(C)(C#N)CNC1C2(C)CCC(C2)C1(C)C. The summed E-state index contributed by atoms with van der Waals surface area (Å²) in [5.74, 6) is 0.871. The summed E-state index contributed by atoms with van der Waals surface area (Å²) < 4.78 is 0. The molecule has 2 fully saturated rings. The van der Waals surface area contributed by atoms with Crippen molar-refractivity contribution in [2.45, 2.75) is 59.9 Å². The molecule has 0 aromatic rings. The van der Waals surface area contributed by atoms with Crippen molar-refractivity contribution in [3.63, 3.8) is 0 Å². The smallest absolute Gasteiger partial charge is 0.0697 e. The lowest BCUT2D eigenvalue weighted by atomic mass is 9.68. The Bertz CT molecular complexity index is 346. The lowest BCUT2D eigenvalue weighted by Gasteiger charge is -2.44. The van der Waals surface area contributed by atoms with E-state index in [1.165, 1.54) is 19.3 Å². The molecule has 2 heteroatoms. The second-order valence-electron chi connectivity index (χ2n) is 7.72. The lowest BCUT2D eigenvalue weighted by molar-refractivity contribution is 0.103. The molecule has 2 saturated carbocycles. The summed E-state index contributed by atoms with van der Waals surface area (Å²) in [5, 5.41) is 12.8. The van der Waals surface area contributed by atoms with Crippen LogP contribution >= 0.6 is 0 Å². The zero-order chi connectivity index (χ0) is 12.9. The van der Waals surface area contributed by atoms with E-state index in [0.29, 0.717) is 16.9 Å². The molecule has 0 spiro atoms. The molecule has 2 rings (SSSR count). The Morgan fingerprint density at radius 1 is 1.35 bits per heavy atom. The maximum atomic E-state index is 9.10. The summed E-state index contributed by atoms with van der Waals surface area (Å²) in [6, 6.07) is 2.96. The van der Waals surface area contributed by atoms with Gasteiger partial charge in [0.1, 0.15) is 0 Å². The molecule has 3 unspecified atom stereocenters. The van der Waals surface area contributed by atoms with Crippen LogP contribution in [-0.2, 0) is 0 Å². The predicted molar refractivity (Wildman–Crippen MR) is 70.4 cm³/mol. The van der Waals surface area contributed by atoms with E-state index in [1.807, 2.05) is 13.8 Å². The molecular formula is C15H26N2. The highest BCUT2D eigenvalue weighted by Gasteiger charge is 2.59. The van der Waals surface area contributed by atoms with E-state index in [-0.39, 0.29) is 5.41 Å². The average Bonchev–Trinajstić information content (AvgIpc) is 2.68. The number of nitrogens with zero attached hydrogens (tertiary/aromatic N) is 1. The first-order valence-electron chi connectivity index (χ1n) is 6.86. The van der Waals surface area contributed by atoms with Crippen LogP contribution in [0.25, 0.3) is 0 Å². The third kappa shape index (κ3) is 1.99. The van der Waals surface area contributed by atoms with Gasteiger partial charge >= 0.3 is 0 Å². The van der Waals surface area contributed by atoms with Gasteiger partial charge in [0.05, 0.1) is 11.5 Å². The zero-order valence-corrected chi connectivity index (χ0v) is 11.9. The van der Waals surface area contributed by atoms with Gasteiger partial charge in [0.25, 0.3) is 0 Å². The minimum atomic E-state index is -0.256.